The number of rotatable bonds is 4. The number of amides is 1. The molecule has 0 saturated carbocycles. The first-order valence-electron chi connectivity index (χ1n) is 9.78. The molecule has 28 heavy (non-hydrogen) atoms. The molecule has 0 unspecified atom stereocenters. The zero-order chi connectivity index (χ0) is 19.3. The summed E-state index contributed by atoms with van der Waals surface area (Å²) in [5.41, 5.74) is 7.00. The topological polar surface area (TPSA) is 57.6 Å². The number of piperidine rings is 1. The highest BCUT2D eigenvalue weighted by Crippen LogP contribution is 2.24. The Morgan fingerprint density at radius 2 is 1.79 bits per heavy atom. The fraction of sp³-hybridized carbons (Fsp3) is 0.261. The number of carbonyl (C=O) groups excluding carboxylic acids is 1. The van der Waals surface area contributed by atoms with Crippen LogP contribution in [0.5, 0.6) is 0 Å². The number of pyridine rings is 1. The molecule has 5 heteroatoms. The molecule has 142 valence electrons. The zero-order valence-electron chi connectivity index (χ0n) is 16.1. The van der Waals surface area contributed by atoms with Crippen molar-refractivity contribution < 1.29 is 4.79 Å². The maximum absolute atomic E-state index is 12.9. The molecule has 1 aromatic heterocycles. The lowest BCUT2D eigenvalue weighted by Gasteiger charge is -2.25. The minimum atomic E-state index is -0.193. The van der Waals surface area contributed by atoms with E-state index >= 15 is 0 Å². The number of likely N-dealkylation sites (tertiary alicyclic amines) is 1. The lowest BCUT2D eigenvalue weighted by atomic mass is 10.0. The number of carbonyl (C=O) groups is 1. The Morgan fingerprint density at radius 1 is 1.07 bits per heavy atom. The predicted molar refractivity (Wildman–Crippen MR) is 113 cm³/mol. The number of benzene rings is 2. The Balaban J connectivity index is 1.63. The standard InChI is InChI=1S/C23H24N4O/c1-2-27-14-12-18(13-15-27)25-26-23(28)20-16-22(17-8-4-3-5-9-17)24-21-11-7-6-10-19(20)21/h3-11,16H,2,12-15H2,1H3,(H,26,28). The van der Waals surface area contributed by atoms with Crippen LogP contribution in [-0.2, 0) is 0 Å². The molecule has 3 aromatic rings. The van der Waals surface area contributed by atoms with Crippen molar-refractivity contribution in [2.24, 2.45) is 5.10 Å². The highest BCUT2D eigenvalue weighted by atomic mass is 16.2. The average Bonchev–Trinajstić information content (AvgIpc) is 2.77. The van der Waals surface area contributed by atoms with Crippen molar-refractivity contribution in [2.45, 2.75) is 19.8 Å². The summed E-state index contributed by atoms with van der Waals surface area (Å²) in [5, 5.41) is 5.24. The van der Waals surface area contributed by atoms with Gasteiger partial charge in [-0.2, -0.15) is 5.10 Å². The van der Waals surface area contributed by atoms with Crippen LogP contribution < -0.4 is 5.43 Å². The van der Waals surface area contributed by atoms with Gasteiger partial charge in [-0.3, -0.25) is 4.79 Å². The van der Waals surface area contributed by atoms with Crippen molar-refractivity contribution in [3.8, 4) is 11.3 Å². The Kier molecular flexibility index (Phi) is 5.44. The van der Waals surface area contributed by atoms with E-state index in [9.17, 15) is 4.79 Å². The van der Waals surface area contributed by atoms with Gasteiger partial charge in [0.25, 0.3) is 5.91 Å². The number of nitrogens with one attached hydrogen (secondary N) is 1. The highest BCUT2D eigenvalue weighted by Gasteiger charge is 2.16. The zero-order valence-corrected chi connectivity index (χ0v) is 16.1. The first-order chi connectivity index (χ1) is 13.7. The van der Waals surface area contributed by atoms with Crippen molar-refractivity contribution in [2.75, 3.05) is 19.6 Å². The third kappa shape index (κ3) is 3.94. The van der Waals surface area contributed by atoms with Gasteiger partial charge in [-0.1, -0.05) is 55.5 Å². The van der Waals surface area contributed by atoms with Gasteiger partial charge in [0, 0.05) is 42.6 Å². The molecule has 4 rings (SSSR count). The molecule has 2 aromatic carbocycles. The lowest BCUT2D eigenvalue weighted by molar-refractivity contribution is 0.0956. The summed E-state index contributed by atoms with van der Waals surface area (Å²) in [5.74, 6) is -0.193. The number of nitrogens with zero attached hydrogens (tertiary/aromatic N) is 3. The summed E-state index contributed by atoms with van der Waals surface area (Å²) >= 11 is 0. The molecule has 0 aliphatic carbocycles. The van der Waals surface area contributed by atoms with Gasteiger partial charge in [-0.15, -0.1) is 0 Å². The number of para-hydroxylation sites is 1. The molecule has 1 amide bonds. The molecule has 1 aliphatic rings. The molecule has 0 atom stereocenters. The molecule has 1 saturated heterocycles. The molecule has 1 N–H and O–H groups in total. The van der Waals surface area contributed by atoms with Crippen LogP contribution in [-0.4, -0.2) is 41.1 Å². The molecular weight excluding hydrogens is 348 g/mol. The smallest absolute Gasteiger partial charge is 0.272 e. The molecule has 1 fully saturated rings. The van der Waals surface area contributed by atoms with E-state index in [1.807, 2.05) is 60.7 Å². The van der Waals surface area contributed by atoms with Crippen LogP contribution in [0.4, 0.5) is 0 Å². The Hall–Kier alpha value is -3.05. The summed E-state index contributed by atoms with van der Waals surface area (Å²) in [4.78, 5) is 20.1. The van der Waals surface area contributed by atoms with E-state index in [0.717, 1.165) is 60.3 Å². The fourth-order valence-electron chi connectivity index (χ4n) is 3.55. The van der Waals surface area contributed by atoms with E-state index in [4.69, 9.17) is 4.98 Å². The summed E-state index contributed by atoms with van der Waals surface area (Å²) in [6.07, 6.45) is 1.81. The molecule has 5 nitrogen and oxygen atoms in total. The van der Waals surface area contributed by atoms with Gasteiger partial charge in [-0.05, 0) is 18.7 Å². The number of aromatic nitrogens is 1. The van der Waals surface area contributed by atoms with Crippen molar-refractivity contribution in [3.05, 3.63) is 66.2 Å². The predicted octanol–water partition coefficient (Wildman–Crippen LogP) is 4.10. The van der Waals surface area contributed by atoms with Crippen LogP contribution in [0, 0.1) is 0 Å². The largest absolute Gasteiger partial charge is 0.303 e. The van der Waals surface area contributed by atoms with Gasteiger partial charge in [0.2, 0.25) is 0 Å². The summed E-state index contributed by atoms with van der Waals surface area (Å²) in [6, 6.07) is 19.5. The minimum absolute atomic E-state index is 0.193. The van der Waals surface area contributed by atoms with Crippen molar-refractivity contribution >= 4 is 22.5 Å². The molecule has 0 radical (unpaired) electrons. The number of hydrogen-bond acceptors (Lipinski definition) is 4. The van der Waals surface area contributed by atoms with Crippen molar-refractivity contribution in [3.63, 3.8) is 0 Å². The van der Waals surface area contributed by atoms with Crippen LogP contribution in [0.1, 0.15) is 30.1 Å². The molecule has 0 bridgehead atoms. The quantitative estimate of drug-likeness (QED) is 0.702. The normalized spacial score (nSPS) is 14.8. The number of hydrazone groups is 1. The lowest BCUT2D eigenvalue weighted by Crippen LogP contribution is -2.34. The second kappa shape index (κ2) is 8.31. The van der Waals surface area contributed by atoms with Crippen LogP contribution in [0.25, 0.3) is 22.2 Å². The fourth-order valence-corrected chi connectivity index (χ4v) is 3.55. The van der Waals surface area contributed by atoms with E-state index in [0.29, 0.717) is 5.56 Å². The van der Waals surface area contributed by atoms with E-state index in [2.05, 4.69) is 22.4 Å². The van der Waals surface area contributed by atoms with Crippen LogP contribution >= 0.6 is 0 Å². The molecular formula is C23H24N4O. The molecule has 2 heterocycles. The minimum Gasteiger partial charge on any atom is -0.303 e. The van der Waals surface area contributed by atoms with Gasteiger partial charge in [0.05, 0.1) is 16.8 Å². The Labute approximate surface area is 165 Å². The Bertz CT molecular complexity index is 1000. The second-order valence-corrected chi connectivity index (χ2v) is 6.99. The summed E-state index contributed by atoms with van der Waals surface area (Å²) in [7, 11) is 0. The average molecular weight is 372 g/mol. The van der Waals surface area contributed by atoms with E-state index in [1.165, 1.54) is 0 Å². The van der Waals surface area contributed by atoms with E-state index in [1.54, 1.807) is 0 Å². The van der Waals surface area contributed by atoms with Gasteiger partial charge >= 0.3 is 0 Å². The third-order valence-corrected chi connectivity index (χ3v) is 5.23. The third-order valence-electron chi connectivity index (χ3n) is 5.23. The maximum Gasteiger partial charge on any atom is 0.272 e. The highest BCUT2D eigenvalue weighted by molar-refractivity contribution is 6.07. The van der Waals surface area contributed by atoms with E-state index in [-0.39, 0.29) is 5.91 Å². The molecule has 0 spiro atoms. The first kappa shape index (κ1) is 18.3. The number of fused-ring (bicyclic) bond motifs is 1. The van der Waals surface area contributed by atoms with Crippen molar-refractivity contribution in [1.82, 2.24) is 15.3 Å². The van der Waals surface area contributed by atoms with Crippen LogP contribution in [0.3, 0.4) is 0 Å². The van der Waals surface area contributed by atoms with Gasteiger partial charge in [-0.25, -0.2) is 10.4 Å². The molecule has 1 aliphatic heterocycles. The first-order valence-corrected chi connectivity index (χ1v) is 9.78. The maximum atomic E-state index is 12.9. The summed E-state index contributed by atoms with van der Waals surface area (Å²) < 4.78 is 0. The van der Waals surface area contributed by atoms with Crippen LogP contribution in [0.15, 0.2) is 65.8 Å². The second-order valence-electron chi connectivity index (χ2n) is 6.99. The van der Waals surface area contributed by atoms with Crippen LogP contribution in [0.2, 0.25) is 0 Å². The van der Waals surface area contributed by atoms with Crippen molar-refractivity contribution in [1.29, 1.82) is 0 Å². The monoisotopic (exact) mass is 372 g/mol. The Morgan fingerprint density at radius 3 is 2.54 bits per heavy atom. The van der Waals surface area contributed by atoms with Gasteiger partial charge < -0.3 is 4.90 Å². The number of hydrogen-bond donors (Lipinski definition) is 1. The SMILES string of the molecule is CCN1CCC(=NNC(=O)c2cc(-c3ccccc3)nc3ccccc23)CC1. The van der Waals surface area contributed by atoms with Gasteiger partial charge in [0.15, 0.2) is 0 Å². The van der Waals surface area contributed by atoms with Gasteiger partial charge in [0.1, 0.15) is 0 Å². The summed E-state index contributed by atoms with van der Waals surface area (Å²) in [6.45, 7) is 5.23. The van der Waals surface area contributed by atoms with E-state index < -0.39 is 0 Å².